The van der Waals surface area contributed by atoms with Crippen LogP contribution in [0.1, 0.15) is 21.5 Å². The number of aryl methyl sites for hydroxylation is 1. The van der Waals surface area contributed by atoms with E-state index < -0.39 is 4.92 Å². The lowest BCUT2D eigenvalue weighted by atomic mass is 10.00. The highest BCUT2D eigenvalue weighted by molar-refractivity contribution is 9.09. The van der Waals surface area contributed by atoms with E-state index in [0.29, 0.717) is 5.56 Å². The van der Waals surface area contributed by atoms with Gasteiger partial charge in [-0.05, 0) is 13.0 Å². The van der Waals surface area contributed by atoms with Crippen LogP contribution in [0, 0.1) is 28.4 Å². The summed E-state index contributed by atoms with van der Waals surface area (Å²) in [5.74, 6) is -0.348. The third kappa shape index (κ3) is 2.09. The molecule has 0 saturated heterocycles. The SMILES string of the molecule is Cc1ccc(C(=O)CBr)c(C#N)c1[N+](=O)[O-]. The molecule has 0 aliphatic rings. The maximum atomic E-state index is 11.5. The van der Waals surface area contributed by atoms with E-state index in [2.05, 4.69) is 15.9 Å². The van der Waals surface area contributed by atoms with Crippen LogP contribution in [0.4, 0.5) is 5.69 Å². The van der Waals surface area contributed by atoms with Gasteiger partial charge in [-0.3, -0.25) is 14.9 Å². The maximum absolute atomic E-state index is 11.5. The Balaban J connectivity index is 3.57. The van der Waals surface area contributed by atoms with Gasteiger partial charge in [0.25, 0.3) is 5.69 Å². The number of alkyl halides is 1. The van der Waals surface area contributed by atoms with E-state index in [1.54, 1.807) is 6.07 Å². The van der Waals surface area contributed by atoms with Gasteiger partial charge in [0.05, 0.1) is 10.3 Å². The summed E-state index contributed by atoms with van der Waals surface area (Å²) in [4.78, 5) is 21.6. The van der Waals surface area contributed by atoms with E-state index in [9.17, 15) is 14.9 Å². The Morgan fingerprint density at radius 2 is 2.25 bits per heavy atom. The van der Waals surface area contributed by atoms with Gasteiger partial charge in [-0.1, -0.05) is 22.0 Å². The van der Waals surface area contributed by atoms with E-state index in [1.807, 2.05) is 0 Å². The third-order valence-electron chi connectivity index (χ3n) is 2.10. The van der Waals surface area contributed by atoms with Crippen molar-refractivity contribution in [3.05, 3.63) is 38.9 Å². The number of hydrogen-bond donors (Lipinski definition) is 0. The minimum Gasteiger partial charge on any atom is -0.293 e. The molecular weight excluding hydrogens is 276 g/mol. The maximum Gasteiger partial charge on any atom is 0.290 e. The van der Waals surface area contributed by atoms with Crippen molar-refractivity contribution in [2.45, 2.75) is 6.92 Å². The Kier molecular flexibility index (Phi) is 3.74. The molecule has 0 fully saturated rings. The van der Waals surface area contributed by atoms with E-state index >= 15 is 0 Å². The normalized spacial score (nSPS) is 9.56. The molecule has 16 heavy (non-hydrogen) atoms. The molecule has 1 rings (SSSR count). The van der Waals surface area contributed by atoms with Gasteiger partial charge in [-0.2, -0.15) is 5.26 Å². The number of hydrogen-bond acceptors (Lipinski definition) is 4. The molecule has 82 valence electrons. The first-order valence-corrected chi connectivity index (χ1v) is 5.42. The minimum absolute atomic E-state index is 0.0297. The van der Waals surface area contributed by atoms with Gasteiger partial charge < -0.3 is 0 Å². The number of nitro benzene ring substituents is 1. The van der Waals surface area contributed by atoms with E-state index in [1.165, 1.54) is 19.1 Å². The molecule has 5 nitrogen and oxygen atoms in total. The van der Waals surface area contributed by atoms with E-state index in [0.717, 1.165) is 0 Å². The third-order valence-corrected chi connectivity index (χ3v) is 2.61. The molecule has 0 N–H and O–H groups in total. The Hall–Kier alpha value is -1.74. The molecule has 0 bridgehead atoms. The van der Waals surface area contributed by atoms with Gasteiger partial charge in [-0.15, -0.1) is 0 Å². The molecule has 0 aliphatic heterocycles. The lowest BCUT2D eigenvalue weighted by molar-refractivity contribution is -0.385. The van der Waals surface area contributed by atoms with Crippen molar-refractivity contribution in [2.75, 3.05) is 5.33 Å². The second-order valence-electron chi connectivity index (χ2n) is 3.08. The molecule has 0 aliphatic carbocycles. The molecule has 0 aromatic heterocycles. The van der Waals surface area contributed by atoms with Crippen molar-refractivity contribution in [3.8, 4) is 6.07 Å². The number of nitriles is 1. The summed E-state index contributed by atoms with van der Waals surface area (Å²) in [7, 11) is 0. The highest BCUT2D eigenvalue weighted by Gasteiger charge is 2.23. The van der Waals surface area contributed by atoms with E-state index in [4.69, 9.17) is 5.26 Å². The molecule has 0 heterocycles. The van der Waals surface area contributed by atoms with Gasteiger partial charge >= 0.3 is 0 Å². The predicted molar refractivity (Wildman–Crippen MR) is 60.7 cm³/mol. The Morgan fingerprint density at radius 1 is 1.62 bits per heavy atom. The number of benzene rings is 1. The van der Waals surface area contributed by atoms with E-state index in [-0.39, 0.29) is 27.9 Å². The summed E-state index contributed by atoms with van der Waals surface area (Å²) >= 11 is 2.97. The quantitative estimate of drug-likeness (QED) is 0.369. The number of nitrogens with zero attached hydrogens (tertiary/aromatic N) is 2. The molecule has 1 aromatic rings. The van der Waals surface area contributed by atoms with Crippen molar-refractivity contribution < 1.29 is 9.72 Å². The molecule has 0 unspecified atom stereocenters. The molecule has 0 amide bonds. The molecule has 0 spiro atoms. The molecule has 0 saturated carbocycles. The van der Waals surface area contributed by atoms with Crippen molar-refractivity contribution in [2.24, 2.45) is 0 Å². The van der Waals surface area contributed by atoms with Crippen LogP contribution in [-0.2, 0) is 0 Å². The van der Waals surface area contributed by atoms with Crippen molar-refractivity contribution in [1.82, 2.24) is 0 Å². The molecule has 6 heteroatoms. The fourth-order valence-corrected chi connectivity index (χ4v) is 1.65. The van der Waals surface area contributed by atoms with Gasteiger partial charge in [0.1, 0.15) is 11.6 Å². The fraction of sp³-hybridized carbons (Fsp3) is 0.200. The Labute approximate surface area is 100.0 Å². The number of carbonyl (C=O) groups is 1. The zero-order valence-electron chi connectivity index (χ0n) is 8.36. The summed E-state index contributed by atoms with van der Waals surface area (Å²) in [5, 5.41) is 19.7. The first-order valence-electron chi connectivity index (χ1n) is 4.30. The zero-order valence-corrected chi connectivity index (χ0v) is 9.94. The molecular formula is C10H7BrN2O3. The summed E-state index contributed by atoms with van der Waals surface area (Å²) in [6.07, 6.45) is 0. The van der Waals surface area contributed by atoms with Crippen molar-refractivity contribution in [3.63, 3.8) is 0 Å². The number of rotatable bonds is 3. The van der Waals surface area contributed by atoms with Crippen molar-refractivity contribution >= 4 is 27.4 Å². The van der Waals surface area contributed by atoms with Crippen LogP contribution >= 0.6 is 15.9 Å². The summed E-state index contributed by atoms with van der Waals surface area (Å²) in [6.45, 7) is 1.53. The average Bonchev–Trinajstić information content (AvgIpc) is 2.26. The Bertz CT molecular complexity index is 506. The Morgan fingerprint density at radius 3 is 2.69 bits per heavy atom. The van der Waals surface area contributed by atoms with Crippen LogP contribution in [0.2, 0.25) is 0 Å². The first-order chi connectivity index (χ1) is 7.52. The second-order valence-corrected chi connectivity index (χ2v) is 3.64. The van der Waals surface area contributed by atoms with Crippen LogP contribution in [0.5, 0.6) is 0 Å². The molecule has 0 radical (unpaired) electrons. The highest BCUT2D eigenvalue weighted by Crippen LogP contribution is 2.26. The summed E-state index contributed by atoms with van der Waals surface area (Å²) < 4.78 is 0. The van der Waals surface area contributed by atoms with Crippen LogP contribution in [0.3, 0.4) is 0 Å². The number of carbonyl (C=O) groups excluding carboxylic acids is 1. The largest absolute Gasteiger partial charge is 0.293 e. The second kappa shape index (κ2) is 4.86. The van der Waals surface area contributed by atoms with Crippen LogP contribution in [-0.4, -0.2) is 16.0 Å². The summed E-state index contributed by atoms with van der Waals surface area (Å²) in [5.41, 5.74) is -0.0203. The molecule has 0 atom stereocenters. The number of halogens is 1. The first kappa shape index (κ1) is 12.3. The van der Waals surface area contributed by atoms with Gasteiger partial charge in [-0.25, -0.2) is 0 Å². The van der Waals surface area contributed by atoms with Crippen LogP contribution < -0.4 is 0 Å². The number of ketones is 1. The summed E-state index contributed by atoms with van der Waals surface area (Å²) in [6, 6.07) is 4.62. The zero-order chi connectivity index (χ0) is 12.3. The lowest BCUT2D eigenvalue weighted by Crippen LogP contribution is -2.06. The minimum atomic E-state index is -0.640. The fourth-order valence-electron chi connectivity index (χ4n) is 1.35. The topological polar surface area (TPSA) is 84.0 Å². The lowest BCUT2D eigenvalue weighted by Gasteiger charge is -2.03. The van der Waals surface area contributed by atoms with Crippen molar-refractivity contribution in [1.29, 1.82) is 5.26 Å². The van der Waals surface area contributed by atoms with Gasteiger partial charge in [0.15, 0.2) is 5.78 Å². The number of nitro groups is 1. The standard InChI is InChI=1S/C10H7BrN2O3/c1-6-2-3-7(9(14)4-11)8(5-12)10(6)13(15)16/h2-3H,4H2,1H3. The highest BCUT2D eigenvalue weighted by atomic mass is 79.9. The van der Waals surface area contributed by atoms with Crippen LogP contribution in [0.15, 0.2) is 12.1 Å². The van der Waals surface area contributed by atoms with Gasteiger partial charge in [0.2, 0.25) is 0 Å². The van der Waals surface area contributed by atoms with Crippen LogP contribution in [0.25, 0.3) is 0 Å². The molecule has 1 aromatic carbocycles. The van der Waals surface area contributed by atoms with Gasteiger partial charge in [0, 0.05) is 11.1 Å². The predicted octanol–water partition coefficient (Wildman–Crippen LogP) is 2.35. The smallest absolute Gasteiger partial charge is 0.290 e. The average molecular weight is 283 g/mol. The monoisotopic (exact) mass is 282 g/mol. The number of Topliss-reactive ketones (excluding diaryl/α,β-unsaturated/α-hetero) is 1.